The van der Waals surface area contributed by atoms with Gasteiger partial charge in [0, 0.05) is 17.7 Å². The van der Waals surface area contributed by atoms with E-state index in [0.717, 1.165) is 0 Å². The molecule has 6 amide bonds. The first-order chi connectivity index (χ1) is 21.4. The summed E-state index contributed by atoms with van der Waals surface area (Å²) < 4.78 is 0. The first kappa shape index (κ1) is 38.9. The molecular weight excluding hydrogens is 634 g/mol. The molecule has 0 bridgehead atoms. The highest BCUT2D eigenvalue weighted by Gasteiger charge is 2.31. The lowest BCUT2D eigenvalue weighted by molar-refractivity contribution is -0.143. The molecule has 1 aromatic rings. The third kappa shape index (κ3) is 14.1. The smallest absolute Gasteiger partial charge is 0.326 e. The van der Waals surface area contributed by atoms with Gasteiger partial charge in [0.2, 0.25) is 35.4 Å². The highest BCUT2D eigenvalue weighted by molar-refractivity contribution is 7.09. The van der Waals surface area contributed by atoms with Crippen LogP contribution in [0.5, 0.6) is 0 Å². The second kappa shape index (κ2) is 18.6. The lowest BCUT2D eigenvalue weighted by Crippen LogP contribution is -2.58. The summed E-state index contributed by atoms with van der Waals surface area (Å²) in [5.41, 5.74) is 10.5. The van der Waals surface area contributed by atoms with Crippen molar-refractivity contribution < 1.29 is 58.5 Å². The third-order valence-electron chi connectivity index (χ3n) is 6.15. The van der Waals surface area contributed by atoms with Gasteiger partial charge in [-0.2, -0.15) is 0 Å². The molecule has 0 spiro atoms. The molecular formula is C26H37N7O12S. The van der Waals surface area contributed by atoms with Gasteiger partial charge in [0.15, 0.2) is 0 Å². The normalized spacial score (nSPS) is 14.6. The molecule has 254 valence electrons. The highest BCUT2D eigenvalue weighted by Crippen LogP contribution is 2.12. The van der Waals surface area contributed by atoms with Crippen LogP contribution in [-0.4, -0.2) is 105 Å². The predicted octanol–water partition coefficient (Wildman–Crippen LogP) is -3.62. The Kier molecular flexibility index (Phi) is 15.8. The van der Waals surface area contributed by atoms with Gasteiger partial charge in [-0.1, -0.05) is 6.07 Å². The van der Waals surface area contributed by atoms with E-state index in [0.29, 0.717) is 4.88 Å². The number of carboxylic acids is 3. The van der Waals surface area contributed by atoms with E-state index in [-0.39, 0.29) is 6.42 Å². The van der Waals surface area contributed by atoms with Crippen LogP contribution in [0.25, 0.3) is 0 Å². The van der Waals surface area contributed by atoms with Gasteiger partial charge in [0.1, 0.15) is 30.2 Å². The van der Waals surface area contributed by atoms with Crippen LogP contribution in [0.3, 0.4) is 0 Å². The number of carbonyl (C=O) groups is 9. The van der Waals surface area contributed by atoms with Crippen molar-refractivity contribution in [1.29, 1.82) is 0 Å². The van der Waals surface area contributed by atoms with Crippen molar-refractivity contribution in [1.82, 2.24) is 26.6 Å². The molecule has 0 unspecified atom stereocenters. The van der Waals surface area contributed by atoms with Gasteiger partial charge in [0.05, 0.1) is 18.9 Å². The van der Waals surface area contributed by atoms with Crippen LogP contribution in [0.2, 0.25) is 0 Å². The summed E-state index contributed by atoms with van der Waals surface area (Å²) in [6.45, 7) is 2.48. The van der Waals surface area contributed by atoms with Crippen molar-refractivity contribution in [3.05, 3.63) is 22.4 Å². The van der Waals surface area contributed by atoms with Gasteiger partial charge in [-0.05, 0) is 31.7 Å². The zero-order valence-electron chi connectivity index (χ0n) is 24.8. The van der Waals surface area contributed by atoms with Gasteiger partial charge in [-0.15, -0.1) is 11.3 Å². The van der Waals surface area contributed by atoms with Crippen LogP contribution in [-0.2, 0) is 49.6 Å². The number of thiophene rings is 1. The summed E-state index contributed by atoms with van der Waals surface area (Å²) in [6, 6.07) is -5.32. The number of carboxylic acid groups (broad SMARTS) is 3. The third-order valence-corrected chi connectivity index (χ3v) is 7.05. The number of hydrogen-bond donors (Lipinski definition) is 10. The van der Waals surface area contributed by atoms with E-state index in [2.05, 4.69) is 26.6 Å². The Balaban J connectivity index is 2.93. The summed E-state index contributed by atoms with van der Waals surface area (Å²) in [7, 11) is 0. The molecule has 0 aliphatic rings. The molecule has 0 fully saturated rings. The number of carbonyl (C=O) groups excluding carboxylic acids is 6. The lowest BCUT2D eigenvalue weighted by Gasteiger charge is -2.24. The Labute approximate surface area is 265 Å². The minimum absolute atomic E-state index is 0.0646. The maximum Gasteiger partial charge on any atom is 0.326 e. The molecule has 0 aliphatic carbocycles. The summed E-state index contributed by atoms with van der Waals surface area (Å²) >= 11 is 1.25. The molecule has 1 heterocycles. The average molecular weight is 672 g/mol. The van der Waals surface area contributed by atoms with Crippen molar-refractivity contribution in [3.63, 3.8) is 0 Å². The van der Waals surface area contributed by atoms with Gasteiger partial charge in [-0.3, -0.25) is 38.4 Å². The van der Waals surface area contributed by atoms with Crippen LogP contribution in [0.1, 0.15) is 44.4 Å². The summed E-state index contributed by atoms with van der Waals surface area (Å²) in [6.07, 6.45) is -2.52. The van der Waals surface area contributed by atoms with E-state index in [9.17, 15) is 48.3 Å². The van der Waals surface area contributed by atoms with Crippen LogP contribution < -0.4 is 38.1 Å². The van der Waals surface area contributed by atoms with Gasteiger partial charge >= 0.3 is 17.9 Å². The van der Waals surface area contributed by atoms with E-state index in [1.54, 1.807) is 17.5 Å². The van der Waals surface area contributed by atoms with Crippen LogP contribution in [0, 0.1) is 0 Å². The molecule has 0 radical (unpaired) electrons. The summed E-state index contributed by atoms with van der Waals surface area (Å²) in [5, 5.41) is 40.1. The first-order valence-electron chi connectivity index (χ1n) is 13.7. The molecule has 20 heteroatoms. The zero-order valence-corrected chi connectivity index (χ0v) is 25.6. The monoisotopic (exact) mass is 671 g/mol. The molecule has 19 nitrogen and oxygen atoms in total. The number of hydrogen-bond acceptors (Lipinski definition) is 11. The number of nitrogens with one attached hydrogen (secondary N) is 5. The fraction of sp³-hybridized carbons (Fsp3) is 0.500. The average Bonchev–Trinajstić information content (AvgIpc) is 3.46. The van der Waals surface area contributed by atoms with Gasteiger partial charge < -0.3 is 53.4 Å². The molecule has 6 atom stereocenters. The van der Waals surface area contributed by atoms with E-state index >= 15 is 0 Å². The van der Waals surface area contributed by atoms with E-state index in [1.807, 2.05) is 0 Å². The molecule has 0 saturated heterocycles. The Morgan fingerprint density at radius 3 is 1.74 bits per heavy atom. The molecule has 12 N–H and O–H groups in total. The second-order valence-corrected chi connectivity index (χ2v) is 11.1. The number of primary amides is 1. The first-order valence-corrected chi connectivity index (χ1v) is 14.5. The molecule has 1 aromatic heterocycles. The molecule has 0 aromatic carbocycles. The summed E-state index contributed by atoms with van der Waals surface area (Å²) in [5.74, 6) is -9.94. The van der Waals surface area contributed by atoms with Crippen molar-refractivity contribution in [2.24, 2.45) is 11.5 Å². The fourth-order valence-electron chi connectivity index (χ4n) is 3.69. The predicted molar refractivity (Wildman–Crippen MR) is 158 cm³/mol. The fourth-order valence-corrected chi connectivity index (χ4v) is 4.44. The highest BCUT2D eigenvalue weighted by atomic mass is 32.1. The van der Waals surface area contributed by atoms with Crippen molar-refractivity contribution in [3.8, 4) is 0 Å². The Morgan fingerprint density at radius 1 is 0.717 bits per heavy atom. The Bertz CT molecular complexity index is 1310. The maximum atomic E-state index is 12.9. The van der Waals surface area contributed by atoms with E-state index in [1.165, 1.54) is 25.2 Å². The topological polar surface area (TPSA) is 327 Å². The van der Waals surface area contributed by atoms with Gasteiger partial charge in [0.25, 0.3) is 0 Å². The number of aliphatic carboxylic acids is 3. The number of amides is 6. The Morgan fingerprint density at radius 2 is 1.24 bits per heavy atom. The van der Waals surface area contributed by atoms with Crippen LogP contribution in [0.4, 0.5) is 0 Å². The van der Waals surface area contributed by atoms with E-state index in [4.69, 9.17) is 21.7 Å². The minimum Gasteiger partial charge on any atom is -0.481 e. The van der Waals surface area contributed by atoms with Gasteiger partial charge in [-0.25, -0.2) is 4.79 Å². The zero-order chi connectivity index (χ0) is 35.1. The van der Waals surface area contributed by atoms with Crippen LogP contribution in [0.15, 0.2) is 17.5 Å². The SMILES string of the molecule is C[C@H](NC(=O)[C@H](C)NC(=O)[C@H](CCC(=O)O)NC(=O)[C@@H](N)CC(=O)O)C(=O)N[C@@H](Cc1cccs1)C(=O)N[C@@H](CC(N)=O)C(=O)O. The second-order valence-electron chi connectivity index (χ2n) is 10.1. The molecule has 1 rings (SSSR count). The standard InChI is InChI=1S/C26H37N7O12S/c1-11(30-24(42)15(5-6-19(35)36)31-23(41)14(27)9-20(37)38)21(39)29-12(2)22(40)32-16(8-13-4-3-7-46-13)25(43)33-17(26(44)45)10-18(28)34/h3-4,7,11-12,14-17H,5-6,8-10,27H2,1-2H3,(H2,28,34)(H,29,39)(H,30,42)(H,31,41)(H,32,40)(H,33,43)(H,35,36)(H,37,38)(H,44,45)/t11-,12-,14-,15-,16-,17-/m0/s1. The lowest BCUT2D eigenvalue weighted by atomic mass is 10.1. The minimum atomic E-state index is -1.66. The molecule has 0 aliphatic heterocycles. The van der Waals surface area contributed by atoms with Crippen molar-refractivity contribution in [2.75, 3.05) is 0 Å². The Hall–Kier alpha value is -5.11. The molecule has 46 heavy (non-hydrogen) atoms. The van der Waals surface area contributed by atoms with E-state index < -0.39 is 115 Å². The molecule has 0 saturated carbocycles. The quantitative estimate of drug-likeness (QED) is 0.0641. The largest absolute Gasteiger partial charge is 0.481 e. The summed E-state index contributed by atoms with van der Waals surface area (Å²) in [4.78, 5) is 109. The maximum absolute atomic E-state index is 12.9. The number of rotatable bonds is 20. The number of nitrogens with two attached hydrogens (primary N) is 2. The van der Waals surface area contributed by atoms with Crippen molar-refractivity contribution >= 4 is 64.7 Å². The van der Waals surface area contributed by atoms with Crippen molar-refractivity contribution in [2.45, 2.75) is 82.2 Å². The van der Waals surface area contributed by atoms with Crippen LogP contribution >= 0.6 is 11.3 Å².